The summed E-state index contributed by atoms with van der Waals surface area (Å²) in [6.07, 6.45) is 0. The van der Waals surface area contributed by atoms with E-state index in [1.54, 1.807) is 0 Å². The van der Waals surface area contributed by atoms with Gasteiger partial charge >= 0.3 is 0 Å². The Morgan fingerprint density at radius 2 is 1.94 bits per heavy atom. The Hall–Kier alpha value is -1.39. The van der Waals surface area contributed by atoms with Crippen molar-refractivity contribution in [3.05, 3.63) is 35.4 Å². The number of hydrogen-bond acceptors (Lipinski definition) is 3. The van der Waals surface area contributed by atoms with Crippen LogP contribution >= 0.6 is 0 Å². The van der Waals surface area contributed by atoms with E-state index in [-0.39, 0.29) is 18.1 Å². The molecule has 1 aromatic carbocycles. The second-order valence-electron chi connectivity index (χ2n) is 5.36. The van der Waals surface area contributed by atoms with Crippen LogP contribution in [0.5, 0.6) is 0 Å². The molecule has 0 spiro atoms. The molecule has 4 nitrogen and oxygen atoms in total. The summed E-state index contributed by atoms with van der Waals surface area (Å²) >= 11 is 0. The highest BCUT2D eigenvalue weighted by molar-refractivity contribution is 5.78. The number of nitrogens with one attached hydrogen (secondary N) is 1. The minimum absolute atomic E-state index is 0.0827. The highest BCUT2D eigenvalue weighted by atomic mass is 16.5. The van der Waals surface area contributed by atoms with Gasteiger partial charge in [0, 0.05) is 26.2 Å². The van der Waals surface area contributed by atoms with Gasteiger partial charge in [-0.3, -0.25) is 4.79 Å². The molecule has 0 aliphatic carbocycles. The van der Waals surface area contributed by atoms with Crippen LogP contribution in [-0.2, 0) is 22.6 Å². The maximum absolute atomic E-state index is 12.1. The summed E-state index contributed by atoms with van der Waals surface area (Å²) in [5, 5.41) is 3.16. The molecule has 0 radical (unpaired) electrons. The quantitative estimate of drug-likeness (QED) is 0.862. The van der Waals surface area contributed by atoms with Gasteiger partial charge in [-0.15, -0.1) is 0 Å². The molecule has 96 valence electrons. The van der Waals surface area contributed by atoms with Crippen LogP contribution < -0.4 is 5.32 Å². The van der Waals surface area contributed by atoms with Crippen molar-refractivity contribution in [2.45, 2.75) is 25.6 Å². The maximum Gasteiger partial charge on any atom is 0.249 e. The molecule has 1 aromatic rings. The van der Waals surface area contributed by atoms with E-state index in [9.17, 15) is 4.79 Å². The molecule has 0 atom stereocenters. The van der Waals surface area contributed by atoms with Crippen LogP contribution in [0, 0.1) is 0 Å². The first-order valence-electron chi connectivity index (χ1n) is 6.36. The van der Waals surface area contributed by atoms with Gasteiger partial charge in [-0.05, 0) is 18.1 Å². The molecule has 1 amide bonds. The second kappa shape index (κ2) is 4.37. The van der Waals surface area contributed by atoms with Crippen LogP contribution in [0.1, 0.15) is 18.1 Å². The van der Waals surface area contributed by atoms with Crippen molar-refractivity contribution in [3.63, 3.8) is 0 Å². The lowest BCUT2D eigenvalue weighted by Crippen LogP contribution is -2.59. The Balaban J connectivity index is 1.56. The van der Waals surface area contributed by atoms with Gasteiger partial charge in [0.05, 0.1) is 5.60 Å². The van der Waals surface area contributed by atoms with Gasteiger partial charge in [0.1, 0.15) is 6.61 Å². The number of carbonyl (C=O) groups excluding carboxylic acids is 1. The van der Waals surface area contributed by atoms with E-state index >= 15 is 0 Å². The Labute approximate surface area is 107 Å². The first kappa shape index (κ1) is 11.7. The van der Waals surface area contributed by atoms with Crippen molar-refractivity contribution >= 4 is 5.91 Å². The Kier molecular flexibility index (Phi) is 2.84. The average Bonchev–Trinajstić information content (AvgIpc) is 2.77. The van der Waals surface area contributed by atoms with Crippen molar-refractivity contribution in [2.24, 2.45) is 0 Å². The SMILES string of the molecule is CC1(OCC(=O)N2Cc3ccccc3C2)CNC1. The zero-order valence-corrected chi connectivity index (χ0v) is 10.6. The van der Waals surface area contributed by atoms with Crippen LogP contribution in [0.4, 0.5) is 0 Å². The highest BCUT2D eigenvalue weighted by Gasteiger charge is 2.34. The molecule has 3 rings (SSSR count). The zero-order chi connectivity index (χ0) is 12.6. The van der Waals surface area contributed by atoms with Crippen LogP contribution in [0.25, 0.3) is 0 Å². The fourth-order valence-electron chi connectivity index (χ4n) is 2.42. The van der Waals surface area contributed by atoms with Crippen LogP contribution in [-0.4, -0.2) is 36.1 Å². The van der Waals surface area contributed by atoms with Crippen molar-refractivity contribution in [1.29, 1.82) is 0 Å². The summed E-state index contributed by atoms with van der Waals surface area (Å²) in [6.45, 7) is 5.32. The first-order valence-corrected chi connectivity index (χ1v) is 6.36. The van der Waals surface area contributed by atoms with Gasteiger partial charge < -0.3 is 15.0 Å². The number of carbonyl (C=O) groups is 1. The van der Waals surface area contributed by atoms with Crippen molar-refractivity contribution in [3.8, 4) is 0 Å². The summed E-state index contributed by atoms with van der Waals surface area (Å²) in [5.74, 6) is 0.0827. The molecule has 0 aromatic heterocycles. The molecule has 2 heterocycles. The van der Waals surface area contributed by atoms with E-state index in [0.717, 1.165) is 13.1 Å². The lowest BCUT2D eigenvalue weighted by molar-refractivity contribution is -0.146. The smallest absolute Gasteiger partial charge is 0.249 e. The molecule has 0 bridgehead atoms. The summed E-state index contributed by atoms with van der Waals surface area (Å²) in [7, 11) is 0. The fraction of sp³-hybridized carbons (Fsp3) is 0.500. The van der Waals surface area contributed by atoms with Gasteiger partial charge in [0.25, 0.3) is 0 Å². The number of fused-ring (bicyclic) bond motifs is 1. The minimum atomic E-state index is -0.151. The molecule has 2 aliphatic rings. The van der Waals surface area contributed by atoms with Gasteiger partial charge in [-0.1, -0.05) is 24.3 Å². The second-order valence-corrected chi connectivity index (χ2v) is 5.36. The molecule has 18 heavy (non-hydrogen) atoms. The molecular weight excluding hydrogens is 228 g/mol. The predicted octanol–water partition coefficient (Wildman–Crippen LogP) is 0.907. The average molecular weight is 246 g/mol. The van der Waals surface area contributed by atoms with Gasteiger partial charge in [0.15, 0.2) is 0 Å². The number of ether oxygens (including phenoxy) is 1. The normalized spacial score (nSPS) is 20.4. The largest absolute Gasteiger partial charge is 0.363 e. The van der Waals surface area contributed by atoms with Crippen LogP contribution in [0.3, 0.4) is 0 Å². The maximum atomic E-state index is 12.1. The molecular formula is C14H18N2O2. The minimum Gasteiger partial charge on any atom is -0.363 e. The van der Waals surface area contributed by atoms with E-state index in [4.69, 9.17) is 4.74 Å². The topological polar surface area (TPSA) is 41.6 Å². The van der Waals surface area contributed by atoms with Crippen molar-refractivity contribution in [1.82, 2.24) is 10.2 Å². The van der Waals surface area contributed by atoms with Crippen LogP contribution in [0.2, 0.25) is 0 Å². The van der Waals surface area contributed by atoms with Crippen molar-refractivity contribution < 1.29 is 9.53 Å². The molecule has 0 saturated carbocycles. The third-order valence-corrected chi connectivity index (χ3v) is 3.74. The first-order chi connectivity index (χ1) is 8.66. The molecule has 1 N–H and O–H groups in total. The Morgan fingerprint density at radius 3 is 2.44 bits per heavy atom. The molecule has 0 unspecified atom stereocenters. The van der Waals surface area contributed by atoms with Gasteiger partial charge in [-0.2, -0.15) is 0 Å². The molecule has 2 aliphatic heterocycles. The van der Waals surface area contributed by atoms with E-state index in [2.05, 4.69) is 17.4 Å². The fourth-order valence-corrected chi connectivity index (χ4v) is 2.42. The highest BCUT2D eigenvalue weighted by Crippen LogP contribution is 2.23. The van der Waals surface area contributed by atoms with Gasteiger partial charge in [0.2, 0.25) is 5.91 Å². The van der Waals surface area contributed by atoms with E-state index in [0.29, 0.717) is 13.1 Å². The Morgan fingerprint density at radius 1 is 1.33 bits per heavy atom. The summed E-state index contributed by atoms with van der Waals surface area (Å²) in [6, 6.07) is 8.20. The van der Waals surface area contributed by atoms with Crippen LogP contribution in [0.15, 0.2) is 24.3 Å². The zero-order valence-electron chi connectivity index (χ0n) is 10.6. The number of hydrogen-bond donors (Lipinski definition) is 1. The van der Waals surface area contributed by atoms with Crippen molar-refractivity contribution in [2.75, 3.05) is 19.7 Å². The van der Waals surface area contributed by atoms with Gasteiger partial charge in [-0.25, -0.2) is 0 Å². The Bertz CT molecular complexity index is 444. The number of benzene rings is 1. The number of amides is 1. The summed E-state index contributed by atoms with van der Waals surface area (Å²) in [5.41, 5.74) is 2.35. The predicted molar refractivity (Wildman–Crippen MR) is 67.9 cm³/mol. The monoisotopic (exact) mass is 246 g/mol. The summed E-state index contributed by atoms with van der Waals surface area (Å²) < 4.78 is 5.68. The standard InChI is InChI=1S/C14H18N2O2/c1-14(9-15-10-14)18-8-13(17)16-6-11-4-2-3-5-12(11)7-16/h2-5,15H,6-10H2,1H3. The number of nitrogens with zero attached hydrogens (tertiary/aromatic N) is 1. The summed E-state index contributed by atoms with van der Waals surface area (Å²) in [4.78, 5) is 13.9. The third kappa shape index (κ3) is 2.13. The third-order valence-electron chi connectivity index (χ3n) is 3.74. The lowest BCUT2D eigenvalue weighted by Gasteiger charge is -2.39. The lowest BCUT2D eigenvalue weighted by atomic mass is 10.0. The molecule has 1 saturated heterocycles. The van der Waals surface area contributed by atoms with E-state index < -0.39 is 0 Å². The number of rotatable bonds is 3. The van der Waals surface area contributed by atoms with E-state index in [1.165, 1.54) is 11.1 Å². The molecule has 1 fully saturated rings. The van der Waals surface area contributed by atoms with E-state index in [1.807, 2.05) is 24.0 Å². The molecule has 4 heteroatoms.